The molecule has 1 fully saturated rings. The number of nitrogens with zero attached hydrogens (tertiary/aromatic N) is 2. The second-order valence-electron chi connectivity index (χ2n) is 5.92. The van der Waals surface area contributed by atoms with Crippen molar-refractivity contribution in [2.24, 2.45) is 11.7 Å². The van der Waals surface area contributed by atoms with E-state index in [1.807, 2.05) is 24.3 Å². The topological polar surface area (TPSA) is 80.9 Å². The summed E-state index contributed by atoms with van der Waals surface area (Å²) in [6.07, 6.45) is 4.32. The van der Waals surface area contributed by atoms with Crippen LogP contribution in [0, 0.1) is 5.92 Å². The van der Waals surface area contributed by atoms with E-state index in [1.54, 1.807) is 0 Å². The van der Waals surface area contributed by atoms with Crippen molar-refractivity contribution in [3.05, 3.63) is 39.9 Å². The first-order chi connectivity index (χ1) is 11.1. The first kappa shape index (κ1) is 16.4. The third kappa shape index (κ3) is 4.50. The summed E-state index contributed by atoms with van der Waals surface area (Å²) >= 11 is 7.38. The van der Waals surface area contributed by atoms with Crippen LogP contribution in [0.3, 0.4) is 0 Å². The van der Waals surface area contributed by atoms with E-state index in [0.717, 1.165) is 36.3 Å². The second kappa shape index (κ2) is 7.38. The first-order valence-electron chi connectivity index (χ1n) is 7.73. The fourth-order valence-electron chi connectivity index (χ4n) is 2.87. The van der Waals surface area contributed by atoms with E-state index >= 15 is 0 Å². The number of benzene rings is 1. The summed E-state index contributed by atoms with van der Waals surface area (Å²) in [5.74, 6) is -0.00960. The summed E-state index contributed by atoms with van der Waals surface area (Å²) < 4.78 is 0. The summed E-state index contributed by atoms with van der Waals surface area (Å²) in [5.41, 5.74) is 7.02. The van der Waals surface area contributed by atoms with Crippen LogP contribution in [0.25, 0.3) is 0 Å². The molecule has 1 aliphatic rings. The molecule has 1 aliphatic carbocycles. The molecule has 23 heavy (non-hydrogen) atoms. The van der Waals surface area contributed by atoms with Crippen LogP contribution in [0.1, 0.15) is 36.3 Å². The zero-order valence-electron chi connectivity index (χ0n) is 12.7. The van der Waals surface area contributed by atoms with E-state index < -0.39 is 0 Å². The van der Waals surface area contributed by atoms with Crippen LogP contribution in [0.4, 0.5) is 5.13 Å². The minimum Gasteiger partial charge on any atom is -0.328 e. The molecule has 3 N–H and O–H groups in total. The molecule has 2 atom stereocenters. The zero-order chi connectivity index (χ0) is 16.2. The van der Waals surface area contributed by atoms with Crippen molar-refractivity contribution in [2.75, 3.05) is 5.32 Å². The van der Waals surface area contributed by atoms with E-state index in [0.29, 0.717) is 16.6 Å². The highest BCUT2D eigenvalue weighted by Gasteiger charge is 2.26. The highest BCUT2D eigenvalue weighted by Crippen LogP contribution is 2.26. The molecular formula is C16H19ClN4OS. The molecule has 1 heterocycles. The molecule has 1 aromatic carbocycles. The Morgan fingerprint density at radius 1 is 1.39 bits per heavy atom. The normalized spacial score (nSPS) is 21.1. The largest absolute Gasteiger partial charge is 0.328 e. The summed E-state index contributed by atoms with van der Waals surface area (Å²) in [6.45, 7) is 0. The SMILES string of the molecule is NC1CCCC(C(=O)Nc2nnc(Cc3cccc(Cl)c3)s2)C1. The van der Waals surface area contributed by atoms with Crippen molar-refractivity contribution in [1.82, 2.24) is 10.2 Å². The Morgan fingerprint density at radius 2 is 2.26 bits per heavy atom. The van der Waals surface area contributed by atoms with Crippen LogP contribution >= 0.6 is 22.9 Å². The number of aromatic nitrogens is 2. The van der Waals surface area contributed by atoms with Crippen LogP contribution < -0.4 is 11.1 Å². The number of carbonyl (C=O) groups excluding carboxylic acids is 1. The summed E-state index contributed by atoms with van der Waals surface area (Å²) in [6, 6.07) is 7.78. The molecule has 122 valence electrons. The van der Waals surface area contributed by atoms with Gasteiger partial charge in [-0.05, 0) is 37.0 Å². The first-order valence-corrected chi connectivity index (χ1v) is 8.93. The van der Waals surface area contributed by atoms with Crippen LogP contribution in [0.2, 0.25) is 5.02 Å². The third-order valence-corrected chi connectivity index (χ3v) is 5.10. The molecule has 0 spiro atoms. The van der Waals surface area contributed by atoms with Gasteiger partial charge in [0.25, 0.3) is 0 Å². The quantitative estimate of drug-likeness (QED) is 0.887. The Kier molecular flexibility index (Phi) is 5.25. The van der Waals surface area contributed by atoms with Gasteiger partial charge < -0.3 is 11.1 Å². The number of anilines is 1. The lowest BCUT2D eigenvalue weighted by Gasteiger charge is -2.25. The maximum absolute atomic E-state index is 12.3. The lowest BCUT2D eigenvalue weighted by molar-refractivity contribution is -0.120. The maximum atomic E-state index is 12.3. The molecule has 0 saturated heterocycles. The van der Waals surface area contributed by atoms with Gasteiger partial charge in [-0.25, -0.2) is 0 Å². The van der Waals surface area contributed by atoms with E-state index in [2.05, 4.69) is 15.5 Å². The van der Waals surface area contributed by atoms with Crippen molar-refractivity contribution in [2.45, 2.75) is 38.1 Å². The van der Waals surface area contributed by atoms with Crippen LogP contribution in [0.5, 0.6) is 0 Å². The molecule has 3 rings (SSSR count). The maximum Gasteiger partial charge on any atom is 0.229 e. The van der Waals surface area contributed by atoms with Crippen molar-refractivity contribution in [1.29, 1.82) is 0 Å². The Balaban J connectivity index is 1.59. The summed E-state index contributed by atoms with van der Waals surface area (Å²) in [7, 11) is 0. The van der Waals surface area contributed by atoms with Gasteiger partial charge in [0.05, 0.1) is 0 Å². The molecular weight excluding hydrogens is 332 g/mol. The fraction of sp³-hybridized carbons (Fsp3) is 0.438. The van der Waals surface area contributed by atoms with Gasteiger partial charge in [-0.2, -0.15) is 0 Å². The lowest BCUT2D eigenvalue weighted by Crippen LogP contribution is -2.34. The highest BCUT2D eigenvalue weighted by atomic mass is 35.5. The average molecular weight is 351 g/mol. The van der Waals surface area contributed by atoms with E-state index in [9.17, 15) is 4.79 Å². The number of nitrogens with one attached hydrogen (secondary N) is 1. The second-order valence-corrected chi connectivity index (χ2v) is 7.42. The molecule has 0 radical (unpaired) electrons. The Hall–Kier alpha value is -1.50. The molecule has 7 heteroatoms. The molecule has 5 nitrogen and oxygen atoms in total. The van der Waals surface area contributed by atoms with Crippen LogP contribution in [-0.4, -0.2) is 22.1 Å². The predicted molar refractivity (Wildman–Crippen MR) is 92.7 cm³/mol. The van der Waals surface area contributed by atoms with Crippen LogP contribution in [-0.2, 0) is 11.2 Å². The van der Waals surface area contributed by atoms with Crippen molar-refractivity contribution >= 4 is 34.0 Å². The van der Waals surface area contributed by atoms with Gasteiger partial charge in [0, 0.05) is 23.4 Å². The molecule has 2 aromatic rings. The lowest BCUT2D eigenvalue weighted by atomic mass is 9.86. The fourth-order valence-corrected chi connectivity index (χ4v) is 3.86. The predicted octanol–water partition coefficient (Wildman–Crippen LogP) is 3.24. The zero-order valence-corrected chi connectivity index (χ0v) is 14.2. The van der Waals surface area contributed by atoms with E-state index in [1.165, 1.54) is 11.3 Å². The number of carbonyl (C=O) groups is 1. The molecule has 1 aromatic heterocycles. The monoisotopic (exact) mass is 350 g/mol. The van der Waals surface area contributed by atoms with Gasteiger partial charge >= 0.3 is 0 Å². The smallest absolute Gasteiger partial charge is 0.229 e. The Bertz CT molecular complexity index is 690. The molecule has 0 bridgehead atoms. The molecule has 1 amide bonds. The van der Waals surface area contributed by atoms with E-state index in [4.69, 9.17) is 17.3 Å². The van der Waals surface area contributed by atoms with E-state index in [-0.39, 0.29) is 17.9 Å². The number of amides is 1. The van der Waals surface area contributed by atoms with Gasteiger partial charge in [-0.1, -0.05) is 41.5 Å². The number of halogens is 1. The average Bonchev–Trinajstić information content (AvgIpc) is 2.94. The highest BCUT2D eigenvalue weighted by molar-refractivity contribution is 7.15. The Labute approximate surface area is 144 Å². The van der Waals surface area contributed by atoms with Crippen molar-refractivity contribution in [3.8, 4) is 0 Å². The van der Waals surface area contributed by atoms with Crippen molar-refractivity contribution < 1.29 is 4.79 Å². The summed E-state index contributed by atoms with van der Waals surface area (Å²) in [5, 5.41) is 13.2. The molecule has 2 unspecified atom stereocenters. The van der Waals surface area contributed by atoms with Gasteiger partial charge in [0.1, 0.15) is 5.01 Å². The van der Waals surface area contributed by atoms with Crippen molar-refractivity contribution in [3.63, 3.8) is 0 Å². The van der Waals surface area contributed by atoms with Gasteiger partial charge in [0.2, 0.25) is 11.0 Å². The van der Waals surface area contributed by atoms with Gasteiger partial charge in [-0.3, -0.25) is 4.79 Å². The number of rotatable bonds is 4. The van der Waals surface area contributed by atoms with Gasteiger partial charge in [-0.15, -0.1) is 10.2 Å². The standard InChI is InChI=1S/C16H19ClN4OS/c17-12-5-1-3-10(7-12)8-14-20-21-16(23-14)19-15(22)11-4-2-6-13(18)9-11/h1,3,5,7,11,13H,2,4,6,8-9,18H2,(H,19,21,22). The molecule has 1 saturated carbocycles. The molecule has 0 aliphatic heterocycles. The third-order valence-electron chi connectivity index (χ3n) is 4.03. The minimum atomic E-state index is -0.0148. The minimum absolute atomic E-state index is 0.00519. The Morgan fingerprint density at radius 3 is 3.04 bits per heavy atom. The van der Waals surface area contributed by atoms with Crippen LogP contribution in [0.15, 0.2) is 24.3 Å². The number of hydrogen-bond acceptors (Lipinski definition) is 5. The number of hydrogen-bond donors (Lipinski definition) is 2. The number of nitrogens with two attached hydrogens (primary N) is 1. The van der Waals surface area contributed by atoms with Gasteiger partial charge in [0.15, 0.2) is 0 Å². The summed E-state index contributed by atoms with van der Waals surface area (Å²) in [4.78, 5) is 12.3.